The van der Waals surface area contributed by atoms with Gasteiger partial charge in [-0.3, -0.25) is 19.4 Å². The normalized spacial score (nSPS) is 17.8. The van der Waals surface area contributed by atoms with Gasteiger partial charge in [0.15, 0.2) is 18.0 Å². The number of urea groups is 2. The summed E-state index contributed by atoms with van der Waals surface area (Å²) in [5.41, 5.74) is 15.1. The summed E-state index contributed by atoms with van der Waals surface area (Å²) in [6.45, 7) is 1.20. The third-order valence-electron chi connectivity index (χ3n) is 10.2. The van der Waals surface area contributed by atoms with Crippen LogP contribution in [0.4, 0.5) is 21.0 Å². The first-order chi connectivity index (χ1) is 26.6. The molecule has 3 heterocycles. The summed E-state index contributed by atoms with van der Waals surface area (Å²) in [6, 6.07) is 29.4. The molecule has 7 rings (SSSR count). The first-order valence-corrected chi connectivity index (χ1v) is 18.0. The first kappa shape index (κ1) is 36.8. The van der Waals surface area contributed by atoms with Crippen molar-refractivity contribution in [3.05, 3.63) is 127 Å². The average molecular weight is 744 g/mol. The van der Waals surface area contributed by atoms with E-state index in [1.54, 1.807) is 113 Å². The van der Waals surface area contributed by atoms with Crippen molar-refractivity contribution < 1.29 is 33.8 Å². The van der Waals surface area contributed by atoms with Gasteiger partial charge in [0.05, 0.1) is 18.3 Å². The fraction of sp³-hybridized carbons (Fsp3) is 0.244. The van der Waals surface area contributed by atoms with Gasteiger partial charge < -0.3 is 35.9 Å². The molecule has 55 heavy (non-hydrogen) atoms. The van der Waals surface area contributed by atoms with E-state index in [9.17, 15) is 29.4 Å². The highest BCUT2D eigenvalue weighted by atomic mass is 16.4. The zero-order valence-corrected chi connectivity index (χ0v) is 29.8. The van der Waals surface area contributed by atoms with Crippen molar-refractivity contribution in [1.29, 1.82) is 0 Å². The van der Waals surface area contributed by atoms with Gasteiger partial charge in [-0.25, -0.2) is 14.6 Å². The molecular weight excluding hydrogens is 702 g/mol. The summed E-state index contributed by atoms with van der Waals surface area (Å²) in [7, 11) is 0. The molecule has 1 aromatic heterocycles. The van der Waals surface area contributed by atoms with Gasteiger partial charge in [-0.15, -0.1) is 0 Å². The Hall–Kier alpha value is -6.51. The molecule has 6 N–H and O–H groups in total. The van der Waals surface area contributed by atoms with Crippen LogP contribution in [0.3, 0.4) is 0 Å². The number of carbonyl (C=O) groups is 4. The van der Waals surface area contributed by atoms with Gasteiger partial charge in [0.25, 0.3) is 11.8 Å². The van der Waals surface area contributed by atoms with Crippen LogP contribution in [-0.4, -0.2) is 87.1 Å². The number of aromatic nitrogens is 1. The van der Waals surface area contributed by atoms with E-state index in [1.165, 1.54) is 9.80 Å². The molecule has 14 heteroatoms. The molecule has 0 spiro atoms. The van der Waals surface area contributed by atoms with Gasteiger partial charge in [-0.1, -0.05) is 60.7 Å². The standard InChI is InChI=1S/C41H41N7O7/c42-40(53)47(32-19-21-45(24-32)38(51)35(49)27-7-3-1-4-8-27)30-15-11-26(12-16-30)34-23-44-37(55-34)29-13-17-31(18-14-29)48(41(43)54)33-20-22-46(25-33)39(52)36(50)28-9-5-2-6-10-28/h1-18,23,32-33,35-36,49-50H,19-22,24-25H2,(H2,42,53)(H2,43,54)/t32-,33-,35-,36-/m1/s1. The van der Waals surface area contributed by atoms with Crippen LogP contribution in [0, 0.1) is 0 Å². The highest BCUT2D eigenvalue weighted by Gasteiger charge is 2.37. The van der Waals surface area contributed by atoms with Crippen molar-refractivity contribution in [3.8, 4) is 22.8 Å². The molecule has 2 aliphatic rings. The number of carbonyl (C=O) groups excluding carboxylic acids is 4. The van der Waals surface area contributed by atoms with Crippen LogP contribution < -0.4 is 21.3 Å². The van der Waals surface area contributed by atoms with E-state index in [0.29, 0.717) is 71.2 Å². The number of rotatable bonds is 10. The van der Waals surface area contributed by atoms with Crippen molar-refractivity contribution >= 4 is 35.3 Å². The molecule has 2 fully saturated rings. The number of hydrogen-bond donors (Lipinski definition) is 4. The summed E-state index contributed by atoms with van der Waals surface area (Å²) in [5, 5.41) is 21.3. The number of oxazole rings is 1. The lowest BCUT2D eigenvalue weighted by Gasteiger charge is -2.28. The molecule has 4 atom stereocenters. The second-order valence-corrected chi connectivity index (χ2v) is 13.6. The van der Waals surface area contributed by atoms with Crippen molar-refractivity contribution in [2.24, 2.45) is 11.5 Å². The first-order valence-electron chi connectivity index (χ1n) is 18.0. The second-order valence-electron chi connectivity index (χ2n) is 13.6. The summed E-state index contributed by atoms with van der Waals surface area (Å²) in [6.07, 6.45) is -0.00401. The van der Waals surface area contributed by atoms with Crippen LogP contribution in [-0.2, 0) is 9.59 Å². The fourth-order valence-corrected chi connectivity index (χ4v) is 7.34. The Kier molecular flexibility index (Phi) is 10.6. The van der Waals surface area contributed by atoms with E-state index in [-0.39, 0.29) is 25.2 Å². The Balaban J connectivity index is 0.990. The van der Waals surface area contributed by atoms with E-state index < -0.39 is 36.1 Å². The van der Waals surface area contributed by atoms with Gasteiger partial charge >= 0.3 is 12.1 Å². The lowest BCUT2D eigenvalue weighted by atomic mass is 10.1. The molecule has 0 aliphatic carbocycles. The number of nitrogens with two attached hydrogens (primary N) is 2. The maximum absolute atomic E-state index is 13.0. The van der Waals surface area contributed by atoms with Crippen molar-refractivity contribution in [1.82, 2.24) is 14.8 Å². The average Bonchev–Trinajstić information content (AvgIpc) is 4.01. The molecule has 4 aromatic carbocycles. The summed E-state index contributed by atoms with van der Waals surface area (Å²) in [4.78, 5) is 61.8. The third-order valence-corrected chi connectivity index (χ3v) is 10.2. The monoisotopic (exact) mass is 743 g/mol. The molecular formula is C41H41N7O7. The number of anilines is 2. The van der Waals surface area contributed by atoms with Gasteiger partial charge in [-0.2, -0.15) is 0 Å². The number of primary amides is 2. The van der Waals surface area contributed by atoms with Crippen LogP contribution in [0.15, 0.2) is 120 Å². The van der Waals surface area contributed by atoms with Crippen molar-refractivity contribution in [2.45, 2.75) is 37.1 Å². The predicted molar refractivity (Wildman–Crippen MR) is 204 cm³/mol. The van der Waals surface area contributed by atoms with Gasteiger partial charge in [0.2, 0.25) is 5.89 Å². The fourth-order valence-electron chi connectivity index (χ4n) is 7.34. The SMILES string of the molecule is NC(=O)N(c1ccc(-c2cnc(-c3ccc(N(C(N)=O)[C@@H]4CCN(C(=O)[C@H](O)c5ccccc5)C4)cc3)o2)cc1)[C@@H]1CCN(C(=O)[C@H](O)c2ccccc2)C1. The number of nitrogens with zero attached hydrogens (tertiary/aromatic N) is 5. The maximum Gasteiger partial charge on any atom is 0.319 e. The third kappa shape index (κ3) is 7.77. The van der Waals surface area contributed by atoms with Crippen LogP contribution in [0.5, 0.6) is 0 Å². The van der Waals surface area contributed by atoms with E-state index in [1.807, 2.05) is 12.1 Å². The summed E-state index contributed by atoms with van der Waals surface area (Å²) >= 11 is 0. The zero-order chi connectivity index (χ0) is 38.6. The minimum Gasteiger partial charge on any atom is -0.436 e. The zero-order valence-electron chi connectivity index (χ0n) is 29.8. The Labute approximate surface area is 317 Å². The van der Waals surface area contributed by atoms with Crippen molar-refractivity contribution in [3.63, 3.8) is 0 Å². The topological polar surface area (TPSA) is 200 Å². The summed E-state index contributed by atoms with van der Waals surface area (Å²) in [5.74, 6) is -0.0293. The van der Waals surface area contributed by atoms with Crippen LogP contribution in [0.25, 0.3) is 22.8 Å². The Bertz CT molecular complexity index is 1990. The Morgan fingerprint density at radius 2 is 1.05 bits per heavy atom. The minimum atomic E-state index is -1.29. The molecule has 0 bridgehead atoms. The lowest BCUT2D eigenvalue weighted by Crippen LogP contribution is -2.46. The lowest BCUT2D eigenvalue weighted by molar-refractivity contribution is -0.140. The van der Waals surface area contributed by atoms with Crippen LogP contribution in [0.2, 0.25) is 0 Å². The Morgan fingerprint density at radius 1 is 0.636 bits per heavy atom. The molecule has 2 saturated heterocycles. The number of hydrogen-bond acceptors (Lipinski definition) is 8. The molecule has 0 unspecified atom stereocenters. The molecule has 282 valence electrons. The molecule has 2 aliphatic heterocycles. The molecule has 5 aromatic rings. The molecule has 0 radical (unpaired) electrons. The number of benzene rings is 4. The van der Waals surface area contributed by atoms with Gasteiger partial charge in [0, 0.05) is 48.7 Å². The van der Waals surface area contributed by atoms with E-state index in [0.717, 1.165) is 0 Å². The predicted octanol–water partition coefficient (Wildman–Crippen LogP) is 4.45. The highest BCUT2D eigenvalue weighted by Crippen LogP contribution is 2.32. The largest absolute Gasteiger partial charge is 0.436 e. The maximum atomic E-state index is 13.0. The van der Waals surface area contributed by atoms with E-state index >= 15 is 0 Å². The molecule has 0 saturated carbocycles. The smallest absolute Gasteiger partial charge is 0.319 e. The highest BCUT2D eigenvalue weighted by molar-refractivity contribution is 5.93. The Morgan fingerprint density at radius 3 is 1.47 bits per heavy atom. The van der Waals surface area contributed by atoms with E-state index in [2.05, 4.69) is 4.98 Å². The number of amides is 6. The van der Waals surface area contributed by atoms with Crippen molar-refractivity contribution in [2.75, 3.05) is 36.0 Å². The number of aliphatic hydroxyl groups is 2. The van der Waals surface area contributed by atoms with Gasteiger partial charge in [-0.05, 0) is 72.5 Å². The molecule has 6 amide bonds. The van der Waals surface area contributed by atoms with Crippen LogP contribution in [0.1, 0.15) is 36.2 Å². The van der Waals surface area contributed by atoms with Gasteiger partial charge in [0.1, 0.15) is 0 Å². The molecule has 14 nitrogen and oxygen atoms in total. The number of aliphatic hydroxyl groups excluding tert-OH is 2. The van der Waals surface area contributed by atoms with E-state index in [4.69, 9.17) is 15.9 Å². The summed E-state index contributed by atoms with van der Waals surface area (Å²) < 4.78 is 6.09. The second kappa shape index (κ2) is 15.8. The minimum absolute atomic E-state index is 0.226. The number of likely N-dealkylation sites (tertiary alicyclic amines) is 2. The quantitative estimate of drug-likeness (QED) is 0.161. The van der Waals surface area contributed by atoms with Crippen LogP contribution >= 0.6 is 0 Å².